The van der Waals surface area contributed by atoms with Gasteiger partial charge in [-0.25, -0.2) is 0 Å². The molecule has 0 bridgehead atoms. The van der Waals surface area contributed by atoms with Crippen LogP contribution in [-0.2, 0) is 18.7 Å². The topological polar surface area (TPSA) is 38.0 Å². The van der Waals surface area contributed by atoms with Gasteiger partial charge < -0.3 is 5.11 Å². The average molecular weight is 297 g/mol. The molecular weight excluding hydrogens is 280 g/mol. The second-order valence-electron chi connectivity index (χ2n) is 4.16. The highest BCUT2D eigenvalue weighted by Gasteiger charge is 2.14. The van der Waals surface area contributed by atoms with E-state index in [1.807, 2.05) is 16.8 Å². The molecule has 5 heteroatoms. The van der Waals surface area contributed by atoms with E-state index in [1.54, 1.807) is 23.9 Å². The summed E-state index contributed by atoms with van der Waals surface area (Å²) in [5, 5.41) is 14.7. The third-order valence-electron chi connectivity index (χ3n) is 2.89. The number of thioether (sulfide) groups is 1. The van der Waals surface area contributed by atoms with Crippen LogP contribution in [0, 0.1) is 0 Å². The zero-order valence-corrected chi connectivity index (χ0v) is 12.6. The number of phenolic OH excluding ortho intramolecular Hbond substituents is 1. The van der Waals surface area contributed by atoms with Crippen LogP contribution in [-0.4, -0.2) is 14.9 Å². The van der Waals surface area contributed by atoms with E-state index in [0.29, 0.717) is 0 Å². The van der Waals surface area contributed by atoms with Gasteiger partial charge in [-0.15, -0.1) is 11.8 Å². The average Bonchev–Trinajstić information content (AvgIpc) is 2.72. The molecule has 2 aromatic rings. The Labute approximate surface area is 122 Å². The van der Waals surface area contributed by atoms with E-state index in [9.17, 15) is 5.11 Å². The zero-order chi connectivity index (χ0) is 13.8. The smallest absolute Gasteiger partial charge is 0.116 e. The van der Waals surface area contributed by atoms with Crippen LogP contribution < -0.4 is 0 Å². The minimum Gasteiger partial charge on any atom is -0.508 e. The maximum atomic E-state index is 9.45. The molecule has 0 saturated heterocycles. The highest BCUT2D eigenvalue weighted by atomic mass is 35.5. The van der Waals surface area contributed by atoms with Crippen molar-refractivity contribution in [2.75, 3.05) is 0 Å². The lowest BCUT2D eigenvalue weighted by molar-refractivity contribution is 0.474. The van der Waals surface area contributed by atoms with Crippen molar-refractivity contribution < 1.29 is 5.11 Å². The predicted octanol–water partition coefficient (Wildman–Crippen LogP) is 4.12. The molecule has 102 valence electrons. The lowest BCUT2D eigenvalue weighted by atomic mass is 10.3. The van der Waals surface area contributed by atoms with Gasteiger partial charge in [0.05, 0.1) is 16.4 Å². The number of benzene rings is 1. The van der Waals surface area contributed by atoms with E-state index in [4.69, 9.17) is 11.6 Å². The van der Waals surface area contributed by atoms with Crippen molar-refractivity contribution in [2.24, 2.45) is 0 Å². The van der Waals surface area contributed by atoms with Crippen molar-refractivity contribution in [2.45, 2.75) is 37.5 Å². The Morgan fingerprint density at radius 3 is 2.79 bits per heavy atom. The molecule has 0 radical (unpaired) electrons. The van der Waals surface area contributed by atoms with Crippen molar-refractivity contribution in [3.05, 3.63) is 40.7 Å². The van der Waals surface area contributed by atoms with Crippen LogP contribution in [0.25, 0.3) is 0 Å². The lowest BCUT2D eigenvalue weighted by Gasteiger charge is -2.05. The number of phenols is 1. The van der Waals surface area contributed by atoms with Crippen LogP contribution in [0.1, 0.15) is 25.2 Å². The summed E-state index contributed by atoms with van der Waals surface area (Å²) in [6.07, 6.45) is 0.843. The van der Waals surface area contributed by atoms with Crippen LogP contribution in [0.15, 0.2) is 29.2 Å². The SMILES string of the molecule is CCc1nn(CC)c(CSc2cccc(O)c2)c1Cl. The molecule has 0 aliphatic heterocycles. The van der Waals surface area contributed by atoms with E-state index >= 15 is 0 Å². The number of hydrogen-bond donors (Lipinski definition) is 1. The first kappa shape index (κ1) is 14.3. The Morgan fingerprint density at radius 2 is 2.16 bits per heavy atom. The van der Waals surface area contributed by atoms with E-state index in [0.717, 1.165) is 40.0 Å². The number of aryl methyl sites for hydroxylation is 2. The Hall–Kier alpha value is -1.13. The first-order valence-corrected chi connectivity index (χ1v) is 7.68. The number of rotatable bonds is 5. The van der Waals surface area contributed by atoms with Crippen LogP contribution in [0.4, 0.5) is 0 Å². The maximum absolute atomic E-state index is 9.45. The van der Waals surface area contributed by atoms with Crippen LogP contribution in [0.3, 0.4) is 0 Å². The summed E-state index contributed by atoms with van der Waals surface area (Å²) in [6, 6.07) is 7.24. The Bertz CT molecular complexity index is 569. The van der Waals surface area contributed by atoms with Gasteiger partial charge in [0.1, 0.15) is 5.75 Å². The number of halogens is 1. The number of hydrogen-bond acceptors (Lipinski definition) is 3. The molecule has 1 aromatic carbocycles. The minimum absolute atomic E-state index is 0.286. The Balaban J connectivity index is 2.17. The fourth-order valence-corrected chi connectivity index (χ4v) is 3.27. The largest absolute Gasteiger partial charge is 0.508 e. The molecule has 0 fully saturated rings. The summed E-state index contributed by atoms with van der Waals surface area (Å²) in [5.74, 6) is 1.04. The third-order valence-corrected chi connectivity index (χ3v) is 4.33. The van der Waals surface area contributed by atoms with Gasteiger partial charge in [-0.3, -0.25) is 4.68 Å². The summed E-state index contributed by atoms with van der Waals surface area (Å²) < 4.78 is 1.96. The van der Waals surface area contributed by atoms with Crippen molar-refractivity contribution in [1.29, 1.82) is 0 Å². The second-order valence-corrected chi connectivity index (χ2v) is 5.59. The van der Waals surface area contributed by atoms with Crippen LogP contribution in [0.2, 0.25) is 5.02 Å². The molecule has 3 nitrogen and oxygen atoms in total. The molecule has 1 heterocycles. The molecule has 0 spiro atoms. The normalized spacial score (nSPS) is 10.9. The van der Waals surface area contributed by atoms with Gasteiger partial charge in [-0.05, 0) is 31.5 Å². The lowest BCUT2D eigenvalue weighted by Crippen LogP contribution is -2.01. The van der Waals surface area contributed by atoms with Gasteiger partial charge in [-0.1, -0.05) is 24.6 Å². The summed E-state index contributed by atoms with van der Waals surface area (Å²) in [5.41, 5.74) is 2.00. The number of aromatic hydroxyl groups is 1. The monoisotopic (exact) mass is 296 g/mol. The fourth-order valence-electron chi connectivity index (χ4n) is 1.88. The van der Waals surface area contributed by atoms with Gasteiger partial charge >= 0.3 is 0 Å². The predicted molar refractivity (Wildman–Crippen MR) is 80.0 cm³/mol. The quantitative estimate of drug-likeness (QED) is 0.844. The van der Waals surface area contributed by atoms with E-state index in [1.165, 1.54) is 0 Å². The molecule has 19 heavy (non-hydrogen) atoms. The summed E-state index contributed by atoms with van der Waals surface area (Å²) in [6.45, 7) is 4.93. The fraction of sp³-hybridized carbons (Fsp3) is 0.357. The molecule has 0 atom stereocenters. The van der Waals surface area contributed by atoms with Gasteiger partial charge in [0.2, 0.25) is 0 Å². The highest BCUT2D eigenvalue weighted by Crippen LogP contribution is 2.30. The van der Waals surface area contributed by atoms with Gasteiger partial charge in [0, 0.05) is 17.2 Å². The summed E-state index contributed by atoms with van der Waals surface area (Å²) in [7, 11) is 0. The van der Waals surface area contributed by atoms with E-state index < -0.39 is 0 Å². The minimum atomic E-state index is 0.286. The number of aromatic nitrogens is 2. The Kier molecular flexibility index (Phi) is 4.77. The van der Waals surface area contributed by atoms with Crippen molar-refractivity contribution >= 4 is 23.4 Å². The van der Waals surface area contributed by atoms with Crippen molar-refractivity contribution in [3.8, 4) is 5.75 Å². The third kappa shape index (κ3) is 3.25. The Morgan fingerprint density at radius 1 is 1.37 bits per heavy atom. The first-order valence-electron chi connectivity index (χ1n) is 6.31. The maximum Gasteiger partial charge on any atom is 0.116 e. The molecule has 0 aliphatic carbocycles. The first-order chi connectivity index (χ1) is 9.15. The standard InChI is InChI=1S/C14H17ClN2OS/c1-3-12-14(15)13(17(4-2)16-12)9-19-11-7-5-6-10(18)8-11/h5-8,18H,3-4,9H2,1-2H3. The molecule has 0 aliphatic rings. The molecule has 1 aromatic heterocycles. The van der Waals surface area contributed by atoms with Gasteiger partial charge in [0.25, 0.3) is 0 Å². The molecule has 0 amide bonds. The zero-order valence-electron chi connectivity index (χ0n) is 11.1. The van der Waals surface area contributed by atoms with Crippen molar-refractivity contribution in [3.63, 3.8) is 0 Å². The van der Waals surface area contributed by atoms with E-state index in [2.05, 4.69) is 18.9 Å². The van der Waals surface area contributed by atoms with Gasteiger partial charge in [-0.2, -0.15) is 5.10 Å². The summed E-state index contributed by atoms with van der Waals surface area (Å²) in [4.78, 5) is 1.03. The molecule has 0 unspecified atom stereocenters. The number of nitrogens with zero attached hydrogens (tertiary/aromatic N) is 2. The van der Waals surface area contributed by atoms with Crippen molar-refractivity contribution in [1.82, 2.24) is 9.78 Å². The molecular formula is C14H17ClN2OS. The van der Waals surface area contributed by atoms with Gasteiger partial charge in [0.15, 0.2) is 0 Å². The molecule has 2 rings (SSSR count). The molecule has 0 saturated carbocycles. The molecule has 1 N–H and O–H groups in total. The summed E-state index contributed by atoms with van der Waals surface area (Å²) >= 11 is 8.01. The second kappa shape index (κ2) is 6.35. The highest BCUT2D eigenvalue weighted by molar-refractivity contribution is 7.98. The van der Waals surface area contributed by atoms with E-state index in [-0.39, 0.29) is 5.75 Å². The van der Waals surface area contributed by atoms with Crippen LogP contribution >= 0.6 is 23.4 Å². The van der Waals surface area contributed by atoms with Crippen LogP contribution in [0.5, 0.6) is 5.75 Å².